The summed E-state index contributed by atoms with van der Waals surface area (Å²) in [6.07, 6.45) is 2.06. The second-order valence-corrected chi connectivity index (χ2v) is 5.90. The molecule has 0 bridgehead atoms. The van der Waals surface area contributed by atoms with Gasteiger partial charge in [0.25, 0.3) is 0 Å². The third-order valence-corrected chi connectivity index (χ3v) is 4.11. The third kappa shape index (κ3) is 3.86. The summed E-state index contributed by atoms with van der Waals surface area (Å²) in [5.74, 6) is 0.603. The fourth-order valence-corrected chi connectivity index (χ4v) is 2.84. The number of hydrogen-bond donors (Lipinski definition) is 2. The predicted molar refractivity (Wildman–Crippen MR) is 82.5 cm³/mol. The van der Waals surface area contributed by atoms with E-state index in [2.05, 4.69) is 19.2 Å². The van der Waals surface area contributed by atoms with E-state index in [0.29, 0.717) is 22.4 Å². The number of carbonyl (C=O) groups is 1. The second kappa shape index (κ2) is 6.80. The smallest absolute Gasteiger partial charge is 0.177 e. The number of hydrogen-bond acceptors (Lipinski definition) is 5. The van der Waals surface area contributed by atoms with Crippen molar-refractivity contribution in [3.63, 3.8) is 0 Å². The van der Waals surface area contributed by atoms with E-state index >= 15 is 0 Å². The van der Waals surface area contributed by atoms with E-state index in [1.54, 1.807) is 0 Å². The van der Waals surface area contributed by atoms with Crippen molar-refractivity contribution in [1.82, 2.24) is 0 Å². The Labute approximate surface area is 119 Å². The summed E-state index contributed by atoms with van der Waals surface area (Å²) >= 11 is 1.38. The van der Waals surface area contributed by atoms with E-state index in [9.17, 15) is 4.79 Å². The maximum atomic E-state index is 11.6. The second-order valence-electron chi connectivity index (χ2n) is 4.88. The first-order chi connectivity index (χ1) is 8.90. The Morgan fingerprint density at radius 3 is 2.37 bits per heavy atom. The van der Waals surface area contributed by atoms with Gasteiger partial charge in [-0.1, -0.05) is 13.8 Å². The van der Waals surface area contributed by atoms with E-state index in [0.717, 1.165) is 17.8 Å². The molecule has 0 saturated carbocycles. The van der Waals surface area contributed by atoms with Gasteiger partial charge in [0.15, 0.2) is 11.5 Å². The zero-order valence-electron chi connectivity index (χ0n) is 12.4. The monoisotopic (exact) mass is 284 g/mol. The minimum atomic E-state index is -0.0197. The number of nitrogens with two attached hydrogens (primary N) is 1. The topological polar surface area (TPSA) is 64.4 Å². The molecule has 1 aromatic heterocycles. The number of ketones is 1. The highest BCUT2D eigenvalue weighted by Gasteiger charge is 2.22. The fraction of sp³-hybridized carbons (Fsp3) is 0.643. The molecule has 0 aromatic carbocycles. The van der Waals surface area contributed by atoms with Gasteiger partial charge in [0, 0.05) is 13.0 Å². The van der Waals surface area contributed by atoms with Crippen LogP contribution >= 0.6 is 11.3 Å². The molecule has 0 unspecified atom stereocenters. The highest BCUT2D eigenvalue weighted by atomic mass is 32.1. The third-order valence-electron chi connectivity index (χ3n) is 2.89. The van der Waals surface area contributed by atoms with Crippen LogP contribution in [0.15, 0.2) is 0 Å². The van der Waals surface area contributed by atoms with Crippen molar-refractivity contribution < 1.29 is 9.53 Å². The molecule has 0 radical (unpaired) electrons. The maximum Gasteiger partial charge on any atom is 0.177 e. The van der Waals surface area contributed by atoms with Crippen molar-refractivity contribution in [1.29, 1.82) is 0 Å². The first-order valence-corrected chi connectivity index (χ1v) is 7.58. The van der Waals surface area contributed by atoms with Crippen molar-refractivity contribution >= 4 is 27.8 Å². The van der Waals surface area contributed by atoms with Crippen LogP contribution in [0, 0.1) is 0 Å². The molecule has 0 atom stereocenters. The van der Waals surface area contributed by atoms with Crippen LogP contribution in [0.25, 0.3) is 0 Å². The van der Waals surface area contributed by atoms with Gasteiger partial charge >= 0.3 is 0 Å². The number of Topliss-reactive ketones (excluding diaryl/α,β-unsaturated/α-hetero) is 1. The van der Waals surface area contributed by atoms with E-state index in [4.69, 9.17) is 10.5 Å². The molecule has 1 aromatic rings. The van der Waals surface area contributed by atoms with Crippen LogP contribution in [0.4, 0.5) is 10.7 Å². The molecule has 1 rings (SSSR count). The van der Waals surface area contributed by atoms with Gasteiger partial charge in [-0.15, -0.1) is 11.3 Å². The van der Waals surface area contributed by atoms with Crippen molar-refractivity contribution in [2.75, 3.05) is 11.1 Å². The average Bonchev–Trinajstić information content (AvgIpc) is 2.64. The summed E-state index contributed by atoms with van der Waals surface area (Å²) in [6, 6.07) is 0.368. The van der Waals surface area contributed by atoms with Gasteiger partial charge < -0.3 is 15.8 Å². The molecule has 0 amide bonds. The van der Waals surface area contributed by atoms with Gasteiger partial charge in [-0.05, 0) is 26.7 Å². The minimum Gasteiger partial charge on any atom is -0.486 e. The molecular weight excluding hydrogens is 260 g/mol. The van der Waals surface area contributed by atoms with Crippen LogP contribution in [0.1, 0.15) is 57.1 Å². The molecule has 4 nitrogen and oxygen atoms in total. The lowest BCUT2D eigenvalue weighted by atomic mass is 10.2. The zero-order valence-corrected chi connectivity index (χ0v) is 13.2. The highest BCUT2D eigenvalue weighted by Crippen LogP contribution is 2.43. The maximum absolute atomic E-state index is 11.6. The molecule has 1 heterocycles. The minimum absolute atomic E-state index is 0.0197. The molecule has 0 saturated heterocycles. The van der Waals surface area contributed by atoms with Crippen LogP contribution < -0.4 is 15.8 Å². The number of ether oxygens (including phenoxy) is 1. The lowest BCUT2D eigenvalue weighted by Gasteiger charge is -2.17. The lowest BCUT2D eigenvalue weighted by molar-refractivity contribution is 0.102. The van der Waals surface area contributed by atoms with Crippen LogP contribution in [-0.4, -0.2) is 17.9 Å². The van der Waals surface area contributed by atoms with E-state index in [1.165, 1.54) is 18.3 Å². The Morgan fingerprint density at radius 1 is 1.37 bits per heavy atom. The molecular formula is C14H24N2O2S. The molecule has 5 heteroatoms. The normalized spacial score (nSPS) is 11.1. The van der Waals surface area contributed by atoms with Crippen LogP contribution in [0.5, 0.6) is 5.75 Å². The fourth-order valence-electron chi connectivity index (χ4n) is 1.82. The predicted octanol–water partition coefficient (Wildman–Crippen LogP) is 3.92. The first-order valence-electron chi connectivity index (χ1n) is 6.76. The number of thiophene rings is 1. The molecule has 0 aliphatic heterocycles. The van der Waals surface area contributed by atoms with Crippen LogP contribution in [-0.2, 0) is 0 Å². The summed E-state index contributed by atoms with van der Waals surface area (Å²) in [7, 11) is 0. The number of anilines is 2. The van der Waals surface area contributed by atoms with Gasteiger partial charge in [0.2, 0.25) is 0 Å². The lowest BCUT2D eigenvalue weighted by Crippen LogP contribution is -2.17. The van der Waals surface area contributed by atoms with Crippen LogP contribution in [0.2, 0.25) is 0 Å². The molecule has 3 N–H and O–H groups in total. The summed E-state index contributed by atoms with van der Waals surface area (Å²) in [5.41, 5.74) is 6.49. The Hall–Kier alpha value is -1.23. The average molecular weight is 284 g/mol. The molecule has 19 heavy (non-hydrogen) atoms. The SMILES string of the molecule is CCC(CC)Nc1sc(C(C)=O)c(N)c1OC(C)C. The van der Waals surface area contributed by atoms with Gasteiger partial charge in [-0.2, -0.15) is 0 Å². The summed E-state index contributed by atoms with van der Waals surface area (Å²) in [4.78, 5) is 12.2. The standard InChI is InChI=1S/C14H24N2O2S/c1-6-10(7-2)16-14-12(18-8(3)4)11(15)13(19-14)9(5)17/h8,10,16H,6-7,15H2,1-5H3. The first kappa shape index (κ1) is 15.8. The number of nitrogen functional groups attached to an aromatic ring is 1. The Balaban J connectivity index is 3.13. The van der Waals surface area contributed by atoms with Gasteiger partial charge in [-0.25, -0.2) is 0 Å². The Kier molecular flexibility index (Phi) is 5.66. The zero-order chi connectivity index (χ0) is 14.6. The van der Waals surface area contributed by atoms with Crippen molar-refractivity contribution in [2.24, 2.45) is 0 Å². The van der Waals surface area contributed by atoms with E-state index in [1.807, 2.05) is 13.8 Å². The molecule has 0 fully saturated rings. The summed E-state index contributed by atoms with van der Waals surface area (Å²) in [5, 5.41) is 4.30. The molecule has 108 valence electrons. The van der Waals surface area contributed by atoms with Crippen molar-refractivity contribution in [3.05, 3.63) is 4.88 Å². The molecule has 0 aliphatic carbocycles. The molecule has 0 spiro atoms. The quantitative estimate of drug-likeness (QED) is 0.745. The largest absolute Gasteiger partial charge is 0.486 e. The molecule has 0 aliphatic rings. The van der Waals surface area contributed by atoms with Crippen molar-refractivity contribution in [2.45, 2.75) is 59.6 Å². The van der Waals surface area contributed by atoms with Crippen molar-refractivity contribution in [3.8, 4) is 5.75 Å². The van der Waals surface area contributed by atoms with Gasteiger partial charge in [-0.3, -0.25) is 4.79 Å². The van der Waals surface area contributed by atoms with E-state index in [-0.39, 0.29) is 11.9 Å². The Morgan fingerprint density at radius 2 is 1.95 bits per heavy atom. The van der Waals surface area contributed by atoms with Gasteiger partial charge in [0.05, 0.1) is 16.7 Å². The number of nitrogens with one attached hydrogen (secondary N) is 1. The summed E-state index contributed by atoms with van der Waals surface area (Å²) in [6.45, 7) is 9.69. The number of carbonyl (C=O) groups excluding carboxylic acids is 1. The van der Waals surface area contributed by atoms with Crippen LogP contribution in [0.3, 0.4) is 0 Å². The van der Waals surface area contributed by atoms with E-state index < -0.39 is 0 Å². The van der Waals surface area contributed by atoms with Gasteiger partial charge in [0.1, 0.15) is 5.00 Å². The Bertz CT molecular complexity index is 437. The summed E-state index contributed by atoms with van der Waals surface area (Å²) < 4.78 is 5.77. The number of rotatable bonds is 7. The highest BCUT2D eigenvalue weighted by molar-refractivity contribution is 7.19.